The normalized spacial score (nSPS) is 18.9. The summed E-state index contributed by atoms with van der Waals surface area (Å²) >= 11 is 6.70. The molecule has 0 spiro atoms. The van der Waals surface area contributed by atoms with E-state index in [2.05, 4.69) is 24.1 Å². The molecule has 41 heavy (non-hydrogen) atoms. The van der Waals surface area contributed by atoms with E-state index >= 15 is 0 Å². The number of imidazole rings is 1. The summed E-state index contributed by atoms with van der Waals surface area (Å²) < 4.78 is 12.6. The molecule has 1 N–H and O–H groups in total. The predicted octanol–water partition coefficient (Wildman–Crippen LogP) is 4.27. The highest BCUT2D eigenvalue weighted by Gasteiger charge is 2.37. The monoisotopic (exact) mass is 631 g/mol. The van der Waals surface area contributed by atoms with Crippen LogP contribution in [0.3, 0.4) is 0 Å². The van der Waals surface area contributed by atoms with Gasteiger partial charge in [-0.15, -0.1) is 24.8 Å². The minimum atomic E-state index is -0.178. The quantitative estimate of drug-likeness (QED) is 0.373. The lowest BCUT2D eigenvalue weighted by Gasteiger charge is -2.40. The van der Waals surface area contributed by atoms with E-state index in [0.29, 0.717) is 71.1 Å². The molecule has 2 amide bonds. The molecule has 4 rings (SSSR count). The third-order valence-electron chi connectivity index (χ3n) is 7.42. The summed E-state index contributed by atoms with van der Waals surface area (Å²) in [6, 6.07) is 9.68. The number of rotatable bonds is 11. The van der Waals surface area contributed by atoms with E-state index < -0.39 is 0 Å². The van der Waals surface area contributed by atoms with Gasteiger partial charge in [-0.05, 0) is 55.3 Å². The maximum absolute atomic E-state index is 14.3. The van der Waals surface area contributed by atoms with Crippen molar-refractivity contribution in [2.75, 3.05) is 59.7 Å². The molecule has 2 aromatic rings. The fraction of sp³-hybridized carbons (Fsp3) is 0.621. The summed E-state index contributed by atoms with van der Waals surface area (Å²) in [5.74, 6) is 0.0837. The van der Waals surface area contributed by atoms with Crippen LogP contribution in [0.4, 0.5) is 0 Å². The van der Waals surface area contributed by atoms with E-state index in [1.165, 1.54) is 0 Å². The molecule has 1 aromatic carbocycles. The highest BCUT2D eigenvalue weighted by Crippen LogP contribution is 2.28. The number of aromatic nitrogens is 2. The van der Waals surface area contributed by atoms with Crippen molar-refractivity contribution in [1.29, 1.82) is 0 Å². The van der Waals surface area contributed by atoms with Gasteiger partial charge < -0.3 is 24.6 Å². The molecule has 12 heteroatoms. The molecule has 0 aliphatic carbocycles. The average Bonchev–Trinajstić information content (AvgIpc) is 3.29. The molecule has 2 atom stereocenters. The number of carbonyl (C=O) groups excluding carboxylic acids is 2. The number of morpholine rings is 1. The number of piperidine rings is 1. The van der Waals surface area contributed by atoms with E-state index in [1.807, 2.05) is 44.7 Å². The number of ether oxygens (including phenoxy) is 2. The van der Waals surface area contributed by atoms with Gasteiger partial charge in [-0.1, -0.05) is 32.0 Å². The molecule has 0 saturated carbocycles. The Morgan fingerprint density at radius 3 is 2.51 bits per heavy atom. The first-order valence-corrected chi connectivity index (χ1v) is 14.5. The zero-order valence-electron chi connectivity index (χ0n) is 24.2. The molecular weight excluding hydrogens is 589 g/mol. The largest absolute Gasteiger partial charge is 0.385 e. The molecule has 0 bridgehead atoms. The predicted molar refractivity (Wildman–Crippen MR) is 166 cm³/mol. The number of amides is 2. The van der Waals surface area contributed by atoms with Crippen LogP contribution in [0, 0.1) is 11.8 Å². The van der Waals surface area contributed by atoms with Crippen molar-refractivity contribution in [1.82, 2.24) is 24.7 Å². The first-order chi connectivity index (χ1) is 18.9. The number of unbranched alkanes of at least 4 members (excludes halogenated alkanes) is 1. The van der Waals surface area contributed by atoms with E-state index in [9.17, 15) is 9.59 Å². The van der Waals surface area contributed by atoms with Crippen LogP contribution in [-0.4, -0.2) is 96.9 Å². The van der Waals surface area contributed by atoms with Gasteiger partial charge >= 0.3 is 0 Å². The smallest absolute Gasteiger partial charge is 0.274 e. The Morgan fingerprint density at radius 1 is 1.15 bits per heavy atom. The maximum Gasteiger partial charge on any atom is 0.274 e. The standard InChI is InChI=1S/C29H42ClN5O4.2ClH/c1-21(2)20-34(24-17-22(18-31-19-24)27(36)33-12-15-39-16-13-33)28(37)26-25(11-7-8-14-38-3)35(29(30)32-26)23-9-5-4-6-10-23;;/h4-6,9-10,21-22,24,31H,7-8,11-20H2,1-3H3;2*1H/t22-,24+;;/m1../s1. The lowest BCUT2D eigenvalue weighted by molar-refractivity contribution is -0.140. The average molecular weight is 633 g/mol. The highest BCUT2D eigenvalue weighted by molar-refractivity contribution is 6.29. The summed E-state index contributed by atoms with van der Waals surface area (Å²) in [4.78, 5) is 36.0. The molecule has 2 aliphatic rings. The molecule has 2 aliphatic heterocycles. The van der Waals surface area contributed by atoms with Crippen LogP contribution in [0.5, 0.6) is 0 Å². The number of halogens is 3. The van der Waals surface area contributed by atoms with E-state index in [-0.39, 0.29) is 59.8 Å². The van der Waals surface area contributed by atoms with Crippen molar-refractivity contribution in [2.24, 2.45) is 11.8 Å². The van der Waals surface area contributed by atoms with Crippen molar-refractivity contribution in [3.05, 3.63) is 47.0 Å². The summed E-state index contributed by atoms with van der Waals surface area (Å²) in [6.45, 7) is 9.09. The summed E-state index contributed by atoms with van der Waals surface area (Å²) in [5.41, 5.74) is 2.08. The molecule has 1 aromatic heterocycles. The molecule has 9 nitrogen and oxygen atoms in total. The molecule has 2 fully saturated rings. The molecule has 2 saturated heterocycles. The van der Waals surface area contributed by atoms with Crippen molar-refractivity contribution >= 4 is 48.2 Å². The maximum atomic E-state index is 14.3. The van der Waals surface area contributed by atoms with Gasteiger partial charge in [0.1, 0.15) is 0 Å². The summed E-state index contributed by atoms with van der Waals surface area (Å²) in [6.07, 6.45) is 2.98. The Labute approximate surface area is 261 Å². The second-order valence-corrected chi connectivity index (χ2v) is 11.2. The molecule has 0 radical (unpaired) electrons. The Hall–Kier alpha value is -1.88. The van der Waals surface area contributed by atoms with Crippen LogP contribution in [-0.2, 0) is 20.7 Å². The molecule has 0 unspecified atom stereocenters. The van der Waals surface area contributed by atoms with Gasteiger partial charge in [0.25, 0.3) is 5.91 Å². The van der Waals surface area contributed by atoms with Crippen molar-refractivity contribution < 1.29 is 19.1 Å². The zero-order chi connectivity index (χ0) is 27.8. The van der Waals surface area contributed by atoms with Gasteiger partial charge in [0, 0.05) is 58.2 Å². The minimum Gasteiger partial charge on any atom is -0.385 e. The van der Waals surface area contributed by atoms with Gasteiger partial charge in [-0.3, -0.25) is 14.2 Å². The fourth-order valence-electron chi connectivity index (χ4n) is 5.52. The fourth-order valence-corrected chi connectivity index (χ4v) is 5.80. The Morgan fingerprint density at radius 2 is 1.85 bits per heavy atom. The van der Waals surface area contributed by atoms with Crippen LogP contribution in [0.25, 0.3) is 5.69 Å². The second kappa shape index (κ2) is 17.3. The number of hydrogen-bond donors (Lipinski definition) is 1. The van der Waals surface area contributed by atoms with Crippen LogP contribution < -0.4 is 5.32 Å². The van der Waals surface area contributed by atoms with Crippen LogP contribution in [0.1, 0.15) is 49.3 Å². The Kier molecular flexibility index (Phi) is 14.9. The van der Waals surface area contributed by atoms with Crippen molar-refractivity contribution in [3.8, 4) is 5.69 Å². The third kappa shape index (κ3) is 9.05. The van der Waals surface area contributed by atoms with Crippen molar-refractivity contribution in [2.45, 2.75) is 45.6 Å². The molecule has 230 valence electrons. The van der Waals surface area contributed by atoms with Gasteiger partial charge in [0.2, 0.25) is 11.2 Å². The lowest BCUT2D eigenvalue weighted by Crippen LogP contribution is -2.56. The number of carbonyl (C=O) groups is 2. The zero-order valence-corrected chi connectivity index (χ0v) is 26.6. The third-order valence-corrected chi connectivity index (χ3v) is 7.68. The van der Waals surface area contributed by atoms with E-state index in [1.54, 1.807) is 7.11 Å². The van der Waals surface area contributed by atoms with Crippen LogP contribution in [0.2, 0.25) is 5.28 Å². The molecule has 3 heterocycles. The van der Waals surface area contributed by atoms with Gasteiger partial charge in [-0.25, -0.2) is 4.98 Å². The molecular formula is C29H44Cl3N5O4. The topological polar surface area (TPSA) is 88.9 Å². The number of nitrogens with zero attached hydrogens (tertiary/aromatic N) is 4. The van der Waals surface area contributed by atoms with Crippen LogP contribution >= 0.6 is 36.4 Å². The lowest BCUT2D eigenvalue weighted by atomic mass is 9.92. The number of methoxy groups -OCH3 is 1. The Balaban J connectivity index is 0.00000294. The van der Waals surface area contributed by atoms with Crippen LogP contribution in [0.15, 0.2) is 30.3 Å². The number of hydrogen-bond acceptors (Lipinski definition) is 6. The number of benzene rings is 1. The number of para-hydroxylation sites is 1. The van der Waals surface area contributed by atoms with E-state index in [0.717, 1.165) is 24.2 Å². The summed E-state index contributed by atoms with van der Waals surface area (Å²) in [7, 11) is 1.69. The number of nitrogens with one attached hydrogen (secondary N) is 1. The van der Waals surface area contributed by atoms with Gasteiger partial charge in [0.05, 0.1) is 24.8 Å². The minimum absolute atomic E-state index is 0. The first-order valence-electron chi connectivity index (χ1n) is 14.1. The first kappa shape index (κ1) is 35.3. The van der Waals surface area contributed by atoms with E-state index in [4.69, 9.17) is 21.1 Å². The Bertz CT molecular complexity index is 1100. The SMILES string of the molecule is COCCCCc1c(C(=O)N(CC(C)C)[C@@H]2CNC[C@H](C(=O)N3CCOCC3)C2)nc(Cl)n1-c1ccccc1.Cl.Cl. The summed E-state index contributed by atoms with van der Waals surface area (Å²) in [5, 5.41) is 3.71. The van der Waals surface area contributed by atoms with Gasteiger partial charge in [0.15, 0.2) is 5.69 Å². The van der Waals surface area contributed by atoms with Gasteiger partial charge in [-0.2, -0.15) is 0 Å². The highest BCUT2D eigenvalue weighted by atomic mass is 35.5. The second-order valence-electron chi connectivity index (χ2n) is 10.8. The van der Waals surface area contributed by atoms with Crippen molar-refractivity contribution in [3.63, 3.8) is 0 Å².